The van der Waals surface area contributed by atoms with Crippen molar-refractivity contribution in [1.82, 2.24) is 24.8 Å². The number of carbonyl (C=O) groups excluding carboxylic acids is 2. The van der Waals surface area contributed by atoms with Gasteiger partial charge >= 0.3 is 5.97 Å². The topological polar surface area (TPSA) is 98.2 Å². The molecule has 8 heteroatoms. The first-order chi connectivity index (χ1) is 17.1. The van der Waals surface area contributed by atoms with Gasteiger partial charge in [-0.15, -0.1) is 0 Å². The second-order valence-corrected chi connectivity index (χ2v) is 8.37. The van der Waals surface area contributed by atoms with Gasteiger partial charge in [-0.1, -0.05) is 12.1 Å². The Bertz CT molecular complexity index is 1350. The summed E-state index contributed by atoms with van der Waals surface area (Å²) in [6.45, 7) is 3.21. The van der Waals surface area contributed by atoms with Crippen molar-refractivity contribution >= 4 is 22.9 Å². The summed E-state index contributed by atoms with van der Waals surface area (Å²) >= 11 is 0. The van der Waals surface area contributed by atoms with E-state index in [-0.39, 0.29) is 17.8 Å². The van der Waals surface area contributed by atoms with Crippen LogP contribution in [0.4, 0.5) is 0 Å². The number of rotatable bonds is 5. The maximum Gasteiger partial charge on any atom is 0.309 e. The third-order valence-electron chi connectivity index (χ3n) is 6.13. The SMILES string of the molecule is CCOC(=O)C1CCN(C(=O)c2ccc3nc(-c4ccccn4)c(-c4ccccn4)nc3c2)CC1. The zero-order valence-corrected chi connectivity index (χ0v) is 19.4. The number of esters is 1. The Morgan fingerprint density at radius 3 is 2.09 bits per heavy atom. The van der Waals surface area contributed by atoms with E-state index in [2.05, 4.69) is 9.97 Å². The molecule has 0 spiro atoms. The molecule has 0 saturated carbocycles. The van der Waals surface area contributed by atoms with Gasteiger partial charge in [0.15, 0.2) is 0 Å². The number of hydrogen-bond donors (Lipinski definition) is 0. The average Bonchev–Trinajstić information content (AvgIpc) is 2.93. The number of nitrogens with zero attached hydrogens (tertiary/aromatic N) is 5. The molecule has 1 aromatic carbocycles. The molecule has 0 bridgehead atoms. The molecular weight excluding hydrogens is 442 g/mol. The molecule has 8 nitrogen and oxygen atoms in total. The highest BCUT2D eigenvalue weighted by atomic mass is 16.5. The van der Waals surface area contributed by atoms with E-state index in [9.17, 15) is 9.59 Å². The molecule has 176 valence electrons. The largest absolute Gasteiger partial charge is 0.466 e. The van der Waals surface area contributed by atoms with E-state index in [1.807, 2.05) is 42.5 Å². The van der Waals surface area contributed by atoms with Crippen LogP contribution < -0.4 is 0 Å². The molecule has 0 radical (unpaired) electrons. The Morgan fingerprint density at radius 1 is 0.886 bits per heavy atom. The summed E-state index contributed by atoms with van der Waals surface area (Å²) in [5.41, 5.74) is 4.44. The minimum absolute atomic E-state index is 0.0794. The van der Waals surface area contributed by atoms with Crippen molar-refractivity contribution < 1.29 is 14.3 Å². The van der Waals surface area contributed by atoms with Crippen molar-refractivity contribution in [2.45, 2.75) is 19.8 Å². The Kier molecular flexibility index (Phi) is 6.43. The van der Waals surface area contributed by atoms with Gasteiger partial charge in [-0.05, 0) is 62.2 Å². The van der Waals surface area contributed by atoms with Crippen LogP contribution in [0.2, 0.25) is 0 Å². The number of amides is 1. The molecule has 0 unspecified atom stereocenters. The fourth-order valence-corrected chi connectivity index (χ4v) is 4.31. The molecule has 1 aliphatic rings. The van der Waals surface area contributed by atoms with Crippen LogP contribution in [0.1, 0.15) is 30.1 Å². The number of pyridine rings is 2. The van der Waals surface area contributed by atoms with E-state index in [0.717, 1.165) is 0 Å². The Hall–Kier alpha value is -4.20. The predicted molar refractivity (Wildman–Crippen MR) is 131 cm³/mol. The first-order valence-electron chi connectivity index (χ1n) is 11.7. The van der Waals surface area contributed by atoms with Crippen LogP contribution >= 0.6 is 0 Å². The second-order valence-electron chi connectivity index (χ2n) is 8.37. The van der Waals surface area contributed by atoms with E-state index in [1.54, 1.807) is 36.4 Å². The molecule has 1 amide bonds. The Labute approximate surface area is 203 Å². The van der Waals surface area contributed by atoms with E-state index in [1.165, 1.54) is 0 Å². The van der Waals surface area contributed by atoms with Gasteiger partial charge in [0.25, 0.3) is 5.91 Å². The van der Waals surface area contributed by atoms with Crippen LogP contribution in [0.3, 0.4) is 0 Å². The number of aromatic nitrogens is 4. The maximum absolute atomic E-state index is 13.2. The number of benzene rings is 1. The number of ether oxygens (including phenoxy) is 1. The lowest BCUT2D eigenvalue weighted by Gasteiger charge is -2.31. The van der Waals surface area contributed by atoms with Crippen LogP contribution in [0.15, 0.2) is 67.0 Å². The van der Waals surface area contributed by atoms with Crippen molar-refractivity contribution in [2.75, 3.05) is 19.7 Å². The van der Waals surface area contributed by atoms with Crippen LogP contribution in [0.25, 0.3) is 33.8 Å². The molecule has 1 fully saturated rings. The third-order valence-corrected chi connectivity index (χ3v) is 6.13. The van der Waals surface area contributed by atoms with Gasteiger partial charge < -0.3 is 9.64 Å². The molecule has 35 heavy (non-hydrogen) atoms. The molecule has 4 heterocycles. The van der Waals surface area contributed by atoms with Crippen molar-refractivity contribution in [2.24, 2.45) is 5.92 Å². The van der Waals surface area contributed by atoms with Gasteiger partial charge in [-0.3, -0.25) is 19.6 Å². The summed E-state index contributed by atoms with van der Waals surface area (Å²) in [6, 6.07) is 16.6. The van der Waals surface area contributed by atoms with E-state index >= 15 is 0 Å². The Balaban J connectivity index is 1.46. The van der Waals surface area contributed by atoms with Gasteiger partial charge in [0.05, 0.1) is 34.9 Å². The normalized spacial score (nSPS) is 14.1. The molecule has 4 aromatic rings. The van der Waals surface area contributed by atoms with Crippen molar-refractivity contribution in [3.63, 3.8) is 0 Å². The molecule has 1 saturated heterocycles. The monoisotopic (exact) mass is 467 g/mol. The smallest absolute Gasteiger partial charge is 0.309 e. The quantitative estimate of drug-likeness (QED) is 0.406. The van der Waals surface area contributed by atoms with Crippen LogP contribution in [0, 0.1) is 5.92 Å². The lowest BCUT2D eigenvalue weighted by atomic mass is 9.96. The standard InChI is InChI=1S/C27H25N5O3/c1-2-35-27(34)18-11-15-32(16-12-18)26(33)19-9-10-20-23(17-19)31-25(22-8-4-6-14-29-22)24(30-20)21-7-3-5-13-28-21/h3-10,13-14,17-18H,2,11-12,15-16H2,1H3. The number of carbonyl (C=O) groups is 2. The molecule has 1 aliphatic heterocycles. The summed E-state index contributed by atoms with van der Waals surface area (Å²) in [6.07, 6.45) is 4.64. The summed E-state index contributed by atoms with van der Waals surface area (Å²) < 4.78 is 5.13. The van der Waals surface area contributed by atoms with Gasteiger partial charge in [-0.2, -0.15) is 0 Å². The van der Waals surface area contributed by atoms with Crippen molar-refractivity contribution in [3.05, 3.63) is 72.6 Å². The zero-order chi connectivity index (χ0) is 24.2. The molecule has 0 atom stereocenters. The number of likely N-dealkylation sites (tertiary alicyclic amines) is 1. The zero-order valence-electron chi connectivity index (χ0n) is 19.4. The summed E-state index contributed by atoms with van der Waals surface area (Å²) in [7, 11) is 0. The number of hydrogen-bond acceptors (Lipinski definition) is 7. The van der Waals surface area contributed by atoms with Crippen molar-refractivity contribution in [3.8, 4) is 22.8 Å². The van der Waals surface area contributed by atoms with Gasteiger partial charge in [-0.25, -0.2) is 9.97 Å². The highest BCUT2D eigenvalue weighted by molar-refractivity contribution is 5.98. The predicted octanol–water partition coefficient (Wildman–Crippen LogP) is 4.17. The molecule has 0 N–H and O–H groups in total. The minimum Gasteiger partial charge on any atom is -0.466 e. The summed E-state index contributed by atoms with van der Waals surface area (Å²) in [5, 5.41) is 0. The first kappa shape index (κ1) is 22.6. The van der Waals surface area contributed by atoms with Crippen molar-refractivity contribution in [1.29, 1.82) is 0 Å². The highest BCUT2D eigenvalue weighted by Gasteiger charge is 2.29. The molecule has 3 aromatic heterocycles. The fraction of sp³-hybridized carbons (Fsp3) is 0.259. The molecular formula is C27H25N5O3. The van der Waals surface area contributed by atoms with Crippen LogP contribution in [-0.2, 0) is 9.53 Å². The summed E-state index contributed by atoms with van der Waals surface area (Å²) in [5.74, 6) is -0.400. The van der Waals surface area contributed by atoms with Gasteiger partial charge in [0.1, 0.15) is 11.4 Å². The maximum atomic E-state index is 13.2. The minimum atomic E-state index is -0.175. The molecule has 5 rings (SSSR count). The molecule has 0 aliphatic carbocycles. The van der Waals surface area contributed by atoms with Crippen LogP contribution in [0.5, 0.6) is 0 Å². The van der Waals surface area contributed by atoms with Gasteiger partial charge in [0, 0.05) is 31.0 Å². The summed E-state index contributed by atoms with van der Waals surface area (Å²) in [4.78, 5) is 45.7. The van der Waals surface area contributed by atoms with E-state index in [4.69, 9.17) is 14.7 Å². The lowest BCUT2D eigenvalue weighted by Crippen LogP contribution is -2.40. The van der Waals surface area contributed by atoms with E-state index in [0.29, 0.717) is 71.9 Å². The lowest BCUT2D eigenvalue weighted by molar-refractivity contribution is -0.149. The Morgan fingerprint density at radius 2 is 1.51 bits per heavy atom. The number of fused-ring (bicyclic) bond motifs is 1. The average molecular weight is 468 g/mol. The second kappa shape index (κ2) is 9.97. The van der Waals surface area contributed by atoms with E-state index < -0.39 is 0 Å². The number of piperidine rings is 1. The first-order valence-corrected chi connectivity index (χ1v) is 11.7. The fourth-order valence-electron chi connectivity index (χ4n) is 4.31. The van der Waals surface area contributed by atoms with Crippen LogP contribution in [-0.4, -0.2) is 56.4 Å². The highest BCUT2D eigenvalue weighted by Crippen LogP contribution is 2.29. The third kappa shape index (κ3) is 4.73. The van der Waals surface area contributed by atoms with Gasteiger partial charge in [0.2, 0.25) is 0 Å².